The fourth-order valence-corrected chi connectivity index (χ4v) is 3.20. The Morgan fingerprint density at radius 3 is 2.39 bits per heavy atom. The van der Waals surface area contributed by atoms with Gasteiger partial charge in [-0.2, -0.15) is 0 Å². The van der Waals surface area contributed by atoms with Gasteiger partial charge >= 0.3 is 5.97 Å². The fourth-order valence-electron chi connectivity index (χ4n) is 3.20. The van der Waals surface area contributed by atoms with Crippen LogP contribution in [0.25, 0.3) is 0 Å². The number of amides is 2. The van der Waals surface area contributed by atoms with E-state index in [4.69, 9.17) is 14.6 Å². The van der Waals surface area contributed by atoms with E-state index >= 15 is 0 Å². The van der Waals surface area contributed by atoms with Gasteiger partial charge in [0.15, 0.2) is 0 Å². The highest BCUT2D eigenvalue weighted by Gasteiger charge is 2.39. The van der Waals surface area contributed by atoms with E-state index in [9.17, 15) is 14.4 Å². The minimum Gasteiger partial charge on any atom is -0.483 e. The van der Waals surface area contributed by atoms with E-state index in [0.29, 0.717) is 13.0 Å². The molecule has 0 spiro atoms. The Bertz CT molecular complexity index is 725. The molecular weight excluding hydrogens is 402 g/mol. The van der Waals surface area contributed by atoms with Crippen LogP contribution in [0.4, 0.5) is 0 Å². The first-order valence-corrected chi connectivity index (χ1v) is 10.3. The number of likely N-dealkylation sites (tertiary alicyclic amines) is 1. The molecule has 0 aromatic heterocycles. The van der Waals surface area contributed by atoms with Gasteiger partial charge in [-0.3, -0.25) is 14.4 Å². The Morgan fingerprint density at radius 1 is 1.23 bits per heavy atom. The maximum absolute atomic E-state index is 13.1. The summed E-state index contributed by atoms with van der Waals surface area (Å²) in [4.78, 5) is 47.9. The van der Waals surface area contributed by atoms with Crippen molar-refractivity contribution in [1.82, 2.24) is 15.5 Å². The van der Waals surface area contributed by atoms with Crippen LogP contribution < -0.4 is 10.6 Å². The van der Waals surface area contributed by atoms with E-state index in [0.717, 1.165) is 12.0 Å². The first kappa shape index (κ1) is 26.1. The number of carboxylic acid groups (broad SMARTS) is 1. The topological polar surface area (TPSA) is 125 Å². The van der Waals surface area contributed by atoms with Gasteiger partial charge in [0.05, 0.1) is 6.04 Å². The Morgan fingerprint density at radius 2 is 1.84 bits per heavy atom. The smallest absolute Gasteiger partial charge is 0.329 e. The molecule has 3 N–H and O–H groups in total. The minimum atomic E-state index is -0.675. The van der Waals surface area contributed by atoms with Crippen molar-refractivity contribution < 1.29 is 29.0 Å². The second kappa shape index (κ2) is 13.4. The van der Waals surface area contributed by atoms with Crippen LogP contribution in [0.2, 0.25) is 0 Å². The first-order valence-electron chi connectivity index (χ1n) is 10.3. The third-order valence-corrected chi connectivity index (χ3v) is 5.09. The summed E-state index contributed by atoms with van der Waals surface area (Å²) < 4.78 is 5.44. The number of rotatable bonds is 8. The number of likely N-dealkylation sites (N-methyl/N-ethyl adjacent to an activating group) is 1. The monoisotopic (exact) mass is 435 g/mol. The highest BCUT2D eigenvalue weighted by Crippen LogP contribution is 2.22. The van der Waals surface area contributed by atoms with Gasteiger partial charge in [0.2, 0.25) is 11.8 Å². The molecule has 0 saturated carbocycles. The summed E-state index contributed by atoms with van der Waals surface area (Å²) in [6, 6.07) is 7.77. The molecule has 0 unspecified atom stereocenters. The summed E-state index contributed by atoms with van der Waals surface area (Å²) in [7, 11) is 1.69. The zero-order chi connectivity index (χ0) is 23.4. The van der Waals surface area contributed by atoms with E-state index in [-0.39, 0.29) is 30.8 Å². The number of carbonyl (C=O) groups is 4. The largest absolute Gasteiger partial charge is 0.483 e. The zero-order valence-corrected chi connectivity index (χ0v) is 18.5. The van der Waals surface area contributed by atoms with Crippen molar-refractivity contribution in [3.05, 3.63) is 35.9 Å². The molecule has 1 aliphatic rings. The molecule has 0 radical (unpaired) electrons. The Hall–Kier alpha value is -2.94. The third-order valence-electron chi connectivity index (χ3n) is 5.09. The Balaban J connectivity index is 0.00000151. The number of hydrogen-bond acceptors (Lipinski definition) is 6. The summed E-state index contributed by atoms with van der Waals surface area (Å²) in [6.45, 7) is 5.92. The van der Waals surface area contributed by atoms with Crippen LogP contribution in [-0.2, 0) is 30.5 Å². The van der Waals surface area contributed by atoms with E-state index < -0.39 is 24.1 Å². The average molecular weight is 436 g/mol. The van der Waals surface area contributed by atoms with Gasteiger partial charge < -0.3 is 25.4 Å². The molecule has 172 valence electrons. The zero-order valence-electron chi connectivity index (χ0n) is 18.5. The van der Waals surface area contributed by atoms with Crippen LogP contribution in [0.1, 0.15) is 39.2 Å². The molecule has 1 aromatic rings. The lowest BCUT2D eigenvalue weighted by Crippen LogP contribution is -2.56. The molecule has 3 atom stereocenters. The number of hydrogen-bond donors (Lipinski definition) is 3. The molecule has 1 fully saturated rings. The Labute approximate surface area is 183 Å². The van der Waals surface area contributed by atoms with Crippen LogP contribution in [0.3, 0.4) is 0 Å². The normalized spacial score (nSPS) is 17.2. The Kier molecular flexibility index (Phi) is 11.3. The van der Waals surface area contributed by atoms with E-state index in [1.165, 1.54) is 0 Å². The highest BCUT2D eigenvalue weighted by atomic mass is 16.5. The van der Waals surface area contributed by atoms with Gasteiger partial charge in [0.25, 0.3) is 6.47 Å². The lowest BCUT2D eigenvalue weighted by Gasteiger charge is -2.30. The second-order valence-corrected chi connectivity index (χ2v) is 7.63. The van der Waals surface area contributed by atoms with Gasteiger partial charge in [-0.25, -0.2) is 4.79 Å². The summed E-state index contributed by atoms with van der Waals surface area (Å²) in [5, 5.41) is 12.6. The van der Waals surface area contributed by atoms with Crippen LogP contribution in [-0.4, -0.2) is 66.0 Å². The van der Waals surface area contributed by atoms with E-state index in [1.807, 2.05) is 44.2 Å². The first-order chi connectivity index (χ1) is 14.8. The van der Waals surface area contributed by atoms with Crippen molar-refractivity contribution in [2.24, 2.45) is 5.92 Å². The van der Waals surface area contributed by atoms with Crippen molar-refractivity contribution in [1.29, 1.82) is 0 Å². The number of benzene rings is 1. The van der Waals surface area contributed by atoms with Gasteiger partial charge in [0, 0.05) is 6.54 Å². The van der Waals surface area contributed by atoms with Gasteiger partial charge in [-0.15, -0.1) is 0 Å². The van der Waals surface area contributed by atoms with Crippen molar-refractivity contribution in [2.75, 3.05) is 13.6 Å². The molecule has 0 bridgehead atoms. The maximum atomic E-state index is 13.1. The molecule has 9 heteroatoms. The van der Waals surface area contributed by atoms with Crippen molar-refractivity contribution in [2.45, 2.75) is 58.3 Å². The molecule has 2 rings (SSSR count). The summed E-state index contributed by atoms with van der Waals surface area (Å²) >= 11 is 0. The molecule has 31 heavy (non-hydrogen) atoms. The summed E-state index contributed by atoms with van der Waals surface area (Å²) in [6.07, 6.45) is 1.31. The summed E-state index contributed by atoms with van der Waals surface area (Å²) in [5.74, 6) is -0.961. The molecule has 1 aromatic carbocycles. The van der Waals surface area contributed by atoms with Crippen LogP contribution in [0.5, 0.6) is 0 Å². The maximum Gasteiger partial charge on any atom is 0.329 e. The van der Waals surface area contributed by atoms with Crippen LogP contribution in [0.15, 0.2) is 30.3 Å². The number of carbonyl (C=O) groups excluding carboxylic acids is 3. The van der Waals surface area contributed by atoms with Crippen molar-refractivity contribution in [3.8, 4) is 0 Å². The quantitative estimate of drug-likeness (QED) is 0.413. The number of nitrogens with zero attached hydrogens (tertiary/aromatic N) is 1. The second-order valence-electron chi connectivity index (χ2n) is 7.63. The minimum absolute atomic E-state index is 0.0953. The standard InChI is InChI=1S/C21H31N3O4.CH2O2/c1-14(2)18(23-19(25)15(3)22-4)20(26)24-12-8-11-17(24)21(27)28-13-16-9-6-5-7-10-16;2-1-3/h5-7,9-10,14-15,17-18,22H,8,11-13H2,1-4H3,(H,23,25);1H,(H,2,3)/t15-,17-,18-;/m0./s1. The number of ether oxygens (including phenoxy) is 1. The predicted octanol–water partition coefficient (Wildman–Crippen LogP) is 1.17. The molecule has 1 heterocycles. The molecular formula is C22H33N3O6. The SMILES string of the molecule is CN[C@@H](C)C(=O)N[C@H](C(=O)N1CCC[C@H]1C(=O)OCc1ccccc1)C(C)C.O=CO. The molecule has 9 nitrogen and oxygen atoms in total. The molecule has 2 amide bonds. The number of nitrogens with one attached hydrogen (secondary N) is 2. The van der Waals surface area contributed by atoms with Gasteiger partial charge in [-0.05, 0) is 38.3 Å². The molecule has 1 aliphatic heterocycles. The highest BCUT2D eigenvalue weighted by molar-refractivity contribution is 5.92. The van der Waals surface area contributed by atoms with Crippen LogP contribution in [0, 0.1) is 5.92 Å². The molecule has 0 aliphatic carbocycles. The average Bonchev–Trinajstić information content (AvgIpc) is 3.25. The number of esters is 1. The van der Waals surface area contributed by atoms with Crippen LogP contribution >= 0.6 is 0 Å². The predicted molar refractivity (Wildman–Crippen MR) is 115 cm³/mol. The van der Waals surface area contributed by atoms with E-state index in [1.54, 1.807) is 18.9 Å². The molecule has 1 saturated heterocycles. The lowest BCUT2D eigenvalue weighted by atomic mass is 10.0. The van der Waals surface area contributed by atoms with Crippen molar-refractivity contribution in [3.63, 3.8) is 0 Å². The van der Waals surface area contributed by atoms with Crippen molar-refractivity contribution >= 4 is 24.3 Å². The fraction of sp³-hybridized carbons (Fsp3) is 0.545. The lowest BCUT2D eigenvalue weighted by molar-refractivity contribution is -0.155. The van der Waals surface area contributed by atoms with E-state index in [2.05, 4.69) is 10.6 Å². The van der Waals surface area contributed by atoms with Gasteiger partial charge in [-0.1, -0.05) is 44.2 Å². The van der Waals surface area contributed by atoms with Gasteiger partial charge in [0.1, 0.15) is 18.7 Å². The summed E-state index contributed by atoms with van der Waals surface area (Å²) in [5.41, 5.74) is 0.903. The third kappa shape index (κ3) is 8.01.